The van der Waals surface area contributed by atoms with E-state index < -0.39 is 15.0 Å². The van der Waals surface area contributed by atoms with E-state index in [2.05, 4.69) is 15.9 Å². The molecule has 116 valence electrons. The Morgan fingerprint density at radius 2 is 2.19 bits per heavy atom. The van der Waals surface area contributed by atoms with Crippen molar-refractivity contribution in [1.29, 1.82) is 0 Å². The molecule has 0 aromatic heterocycles. The van der Waals surface area contributed by atoms with Gasteiger partial charge in [-0.15, -0.1) is 0 Å². The summed E-state index contributed by atoms with van der Waals surface area (Å²) >= 11 is 8.98. The van der Waals surface area contributed by atoms with Crippen LogP contribution >= 0.6 is 38.2 Å². The number of halogens is 3. The SMILES string of the molecule is O=C(OCC1CCCO1)c1cc(S(=O)(=O)Cl)c(Br)cc1Cl. The lowest BCUT2D eigenvalue weighted by Gasteiger charge is -2.12. The van der Waals surface area contributed by atoms with E-state index in [1.807, 2.05) is 0 Å². The van der Waals surface area contributed by atoms with Crippen molar-refractivity contribution in [3.63, 3.8) is 0 Å². The number of ether oxygens (including phenoxy) is 2. The standard InChI is InChI=1S/C12H11BrCl2O5S/c13-9-5-10(14)8(4-11(9)21(15,17)18)12(16)20-6-7-2-1-3-19-7/h4-5,7H,1-3,6H2. The van der Waals surface area contributed by atoms with Gasteiger partial charge in [0, 0.05) is 21.8 Å². The lowest BCUT2D eigenvalue weighted by molar-refractivity contribution is 0.0161. The van der Waals surface area contributed by atoms with Crippen molar-refractivity contribution in [2.24, 2.45) is 0 Å². The predicted molar refractivity (Wildman–Crippen MR) is 81.4 cm³/mol. The molecule has 1 atom stereocenters. The van der Waals surface area contributed by atoms with Crippen LogP contribution in [0.3, 0.4) is 0 Å². The fourth-order valence-electron chi connectivity index (χ4n) is 1.89. The average molecular weight is 418 g/mol. The molecule has 0 bridgehead atoms. The van der Waals surface area contributed by atoms with Crippen LogP contribution in [0.2, 0.25) is 5.02 Å². The molecular formula is C12H11BrCl2O5S. The minimum absolute atomic E-state index is 0.0583. The topological polar surface area (TPSA) is 69.7 Å². The summed E-state index contributed by atoms with van der Waals surface area (Å²) in [6.07, 6.45) is 1.62. The minimum atomic E-state index is -4.00. The molecule has 0 aliphatic carbocycles. The first kappa shape index (κ1) is 17.0. The highest BCUT2D eigenvalue weighted by Crippen LogP contribution is 2.31. The zero-order valence-electron chi connectivity index (χ0n) is 10.6. The van der Waals surface area contributed by atoms with Crippen LogP contribution in [0, 0.1) is 0 Å². The van der Waals surface area contributed by atoms with Gasteiger partial charge in [-0.2, -0.15) is 0 Å². The van der Waals surface area contributed by atoms with Crippen molar-refractivity contribution in [3.8, 4) is 0 Å². The van der Waals surface area contributed by atoms with Crippen LogP contribution in [0.1, 0.15) is 23.2 Å². The van der Waals surface area contributed by atoms with Gasteiger partial charge >= 0.3 is 5.97 Å². The third kappa shape index (κ3) is 4.32. The first-order chi connectivity index (χ1) is 9.79. The van der Waals surface area contributed by atoms with E-state index in [9.17, 15) is 13.2 Å². The highest BCUT2D eigenvalue weighted by atomic mass is 79.9. The maximum atomic E-state index is 12.0. The molecule has 1 saturated heterocycles. The largest absolute Gasteiger partial charge is 0.459 e. The van der Waals surface area contributed by atoms with Gasteiger partial charge in [-0.05, 0) is 40.9 Å². The average Bonchev–Trinajstić information content (AvgIpc) is 2.87. The van der Waals surface area contributed by atoms with E-state index in [1.54, 1.807) is 0 Å². The van der Waals surface area contributed by atoms with Crippen molar-refractivity contribution in [2.45, 2.75) is 23.8 Å². The molecule has 0 N–H and O–H groups in total. The third-order valence-electron chi connectivity index (χ3n) is 2.93. The van der Waals surface area contributed by atoms with Crippen LogP contribution < -0.4 is 0 Å². The second kappa shape index (κ2) is 6.83. The molecule has 5 nitrogen and oxygen atoms in total. The molecule has 1 aromatic carbocycles. The fourth-order valence-corrected chi connectivity index (χ4v) is 4.46. The molecule has 1 aromatic rings. The highest BCUT2D eigenvalue weighted by molar-refractivity contribution is 9.10. The number of carbonyl (C=O) groups is 1. The van der Waals surface area contributed by atoms with E-state index >= 15 is 0 Å². The number of benzene rings is 1. The Hall–Kier alpha value is -0.340. The summed E-state index contributed by atoms with van der Waals surface area (Å²) in [6.45, 7) is 0.754. The number of rotatable bonds is 4. The number of hydrogen-bond acceptors (Lipinski definition) is 5. The first-order valence-electron chi connectivity index (χ1n) is 6.01. The van der Waals surface area contributed by atoms with Gasteiger partial charge in [-0.3, -0.25) is 0 Å². The van der Waals surface area contributed by atoms with Gasteiger partial charge in [0.15, 0.2) is 0 Å². The monoisotopic (exact) mass is 416 g/mol. The molecule has 1 heterocycles. The molecule has 2 rings (SSSR count). The molecular weight excluding hydrogens is 407 g/mol. The summed E-state index contributed by atoms with van der Waals surface area (Å²) in [5.74, 6) is -0.718. The van der Waals surface area contributed by atoms with E-state index in [-0.39, 0.29) is 32.7 Å². The molecule has 0 spiro atoms. The molecule has 9 heteroatoms. The Labute approximate surface area is 140 Å². The van der Waals surface area contributed by atoms with E-state index in [0.29, 0.717) is 6.61 Å². The normalized spacial score (nSPS) is 18.7. The molecule has 1 unspecified atom stereocenters. The molecule has 0 radical (unpaired) electrons. The summed E-state index contributed by atoms with van der Waals surface area (Å²) in [5.41, 5.74) is -0.0583. The van der Waals surface area contributed by atoms with Crippen LogP contribution in [0.15, 0.2) is 21.5 Å². The third-order valence-corrected chi connectivity index (χ3v) is 5.52. The second-order valence-electron chi connectivity index (χ2n) is 4.43. The Balaban J connectivity index is 2.20. The van der Waals surface area contributed by atoms with E-state index in [0.717, 1.165) is 18.9 Å². The lowest BCUT2D eigenvalue weighted by atomic mass is 10.2. The molecule has 1 aliphatic heterocycles. The number of hydrogen-bond donors (Lipinski definition) is 0. The van der Waals surface area contributed by atoms with Crippen molar-refractivity contribution in [3.05, 3.63) is 27.2 Å². The highest BCUT2D eigenvalue weighted by Gasteiger charge is 2.23. The van der Waals surface area contributed by atoms with Crippen LogP contribution in [0.25, 0.3) is 0 Å². The van der Waals surface area contributed by atoms with Gasteiger partial charge in [-0.1, -0.05) is 11.6 Å². The van der Waals surface area contributed by atoms with Gasteiger partial charge in [0.2, 0.25) is 0 Å². The van der Waals surface area contributed by atoms with Crippen LogP contribution in [-0.4, -0.2) is 33.7 Å². The Bertz CT molecular complexity index is 656. The summed E-state index contributed by atoms with van der Waals surface area (Å²) in [7, 11) is 1.30. The van der Waals surface area contributed by atoms with E-state index in [4.69, 9.17) is 31.8 Å². The maximum Gasteiger partial charge on any atom is 0.339 e. The van der Waals surface area contributed by atoms with Crippen LogP contribution in [0.5, 0.6) is 0 Å². The summed E-state index contributed by atoms with van der Waals surface area (Å²) in [5, 5.41) is 0.0725. The molecule has 0 amide bonds. The van der Waals surface area contributed by atoms with Crippen molar-refractivity contribution in [1.82, 2.24) is 0 Å². The molecule has 1 fully saturated rings. The molecule has 1 aliphatic rings. The number of esters is 1. The van der Waals surface area contributed by atoms with Gasteiger partial charge < -0.3 is 9.47 Å². The fraction of sp³-hybridized carbons (Fsp3) is 0.417. The quantitative estimate of drug-likeness (QED) is 0.554. The summed E-state index contributed by atoms with van der Waals surface area (Å²) in [4.78, 5) is 11.8. The van der Waals surface area contributed by atoms with Crippen molar-refractivity contribution >= 4 is 53.2 Å². The maximum absolute atomic E-state index is 12.0. The van der Waals surface area contributed by atoms with Crippen LogP contribution in [0.4, 0.5) is 0 Å². The molecule has 0 saturated carbocycles. The van der Waals surface area contributed by atoms with Crippen LogP contribution in [-0.2, 0) is 18.5 Å². The minimum Gasteiger partial charge on any atom is -0.459 e. The summed E-state index contributed by atoms with van der Waals surface area (Å²) < 4.78 is 33.5. The van der Waals surface area contributed by atoms with Gasteiger partial charge in [0.05, 0.1) is 21.6 Å². The lowest BCUT2D eigenvalue weighted by Crippen LogP contribution is -2.18. The predicted octanol–water partition coefficient (Wildman–Crippen LogP) is 3.37. The Morgan fingerprint density at radius 3 is 2.76 bits per heavy atom. The summed E-state index contributed by atoms with van der Waals surface area (Å²) in [6, 6.07) is 2.38. The van der Waals surface area contributed by atoms with E-state index in [1.165, 1.54) is 6.07 Å². The van der Waals surface area contributed by atoms with Crippen molar-refractivity contribution in [2.75, 3.05) is 13.2 Å². The Kier molecular flexibility index (Phi) is 5.54. The van der Waals surface area contributed by atoms with Crippen molar-refractivity contribution < 1.29 is 22.7 Å². The smallest absolute Gasteiger partial charge is 0.339 e. The molecule has 21 heavy (non-hydrogen) atoms. The first-order valence-corrected chi connectivity index (χ1v) is 9.49. The zero-order chi connectivity index (χ0) is 15.6. The van der Waals surface area contributed by atoms with Gasteiger partial charge in [0.1, 0.15) is 6.61 Å². The zero-order valence-corrected chi connectivity index (χ0v) is 14.6. The van der Waals surface area contributed by atoms with Gasteiger partial charge in [-0.25, -0.2) is 13.2 Å². The van der Waals surface area contributed by atoms with Gasteiger partial charge in [0.25, 0.3) is 9.05 Å². The second-order valence-corrected chi connectivity index (χ2v) is 8.23. The number of carbonyl (C=O) groups excluding carboxylic acids is 1. The Morgan fingerprint density at radius 1 is 1.48 bits per heavy atom.